The molecule has 0 unspecified atom stereocenters. The van der Waals surface area contributed by atoms with Gasteiger partial charge in [-0.2, -0.15) is 4.31 Å². The molecule has 5 nitrogen and oxygen atoms in total. The summed E-state index contributed by atoms with van der Waals surface area (Å²) >= 11 is 0. The second-order valence-corrected chi connectivity index (χ2v) is 7.35. The highest BCUT2D eigenvalue weighted by Crippen LogP contribution is 2.32. The van der Waals surface area contributed by atoms with Crippen LogP contribution in [-0.4, -0.2) is 30.8 Å². The van der Waals surface area contributed by atoms with Gasteiger partial charge >= 0.3 is 0 Å². The molecular formula is C12H19N3O2S. The molecule has 0 radical (unpaired) electrons. The van der Waals surface area contributed by atoms with Crippen LogP contribution in [0.15, 0.2) is 23.4 Å². The third-order valence-electron chi connectivity index (χ3n) is 3.28. The zero-order valence-electron chi connectivity index (χ0n) is 10.8. The third-order valence-corrected chi connectivity index (χ3v) is 5.04. The summed E-state index contributed by atoms with van der Waals surface area (Å²) in [5, 5.41) is 0.109. The van der Waals surface area contributed by atoms with Gasteiger partial charge in [0.15, 0.2) is 5.03 Å². The molecule has 18 heavy (non-hydrogen) atoms. The fourth-order valence-corrected chi connectivity index (χ4v) is 3.63. The molecule has 0 aliphatic carbocycles. The predicted molar refractivity (Wildman–Crippen MR) is 69.3 cm³/mol. The first kappa shape index (κ1) is 13.5. The number of rotatable bonds is 3. The Morgan fingerprint density at radius 3 is 2.61 bits per heavy atom. The van der Waals surface area contributed by atoms with Crippen LogP contribution in [0.1, 0.15) is 25.8 Å². The van der Waals surface area contributed by atoms with E-state index in [-0.39, 0.29) is 10.4 Å². The Balaban J connectivity index is 2.25. The topological polar surface area (TPSA) is 76.3 Å². The van der Waals surface area contributed by atoms with Crippen molar-refractivity contribution in [3.05, 3.63) is 23.9 Å². The van der Waals surface area contributed by atoms with Crippen molar-refractivity contribution < 1.29 is 8.42 Å². The van der Waals surface area contributed by atoms with Crippen LogP contribution in [0.2, 0.25) is 0 Å². The largest absolute Gasteiger partial charge is 0.326 e. The van der Waals surface area contributed by atoms with Crippen LogP contribution in [0, 0.1) is 5.41 Å². The molecule has 0 saturated carbocycles. The van der Waals surface area contributed by atoms with Crippen molar-refractivity contribution in [2.75, 3.05) is 13.1 Å². The molecule has 100 valence electrons. The molecule has 0 bridgehead atoms. The van der Waals surface area contributed by atoms with Crippen LogP contribution in [0.4, 0.5) is 0 Å². The third kappa shape index (κ3) is 2.55. The number of hydrogen-bond acceptors (Lipinski definition) is 4. The van der Waals surface area contributed by atoms with Crippen LogP contribution in [-0.2, 0) is 16.6 Å². The van der Waals surface area contributed by atoms with Gasteiger partial charge in [0, 0.05) is 25.8 Å². The lowest BCUT2D eigenvalue weighted by molar-refractivity contribution is 0.375. The summed E-state index contributed by atoms with van der Waals surface area (Å²) in [5.41, 5.74) is 6.34. The molecule has 1 fully saturated rings. The van der Waals surface area contributed by atoms with Crippen molar-refractivity contribution in [3.8, 4) is 0 Å². The zero-order valence-corrected chi connectivity index (χ0v) is 11.6. The van der Waals surface area contributed by atoms with Crippen molar-refractivity contribution in [2.24, 2.45) is 11.1 Å². The van der Waals surface area contributed by atoms with Gasteiger partial charge in [0.25, 0.3) is 10.0 Å². The fourth-order valence-electron chi connectivity index (χ4n) is 2.08. The number of aromatic nitrogens is 1. The Kier molecular flexibility index (Phi) is 3.44. The zero-order chi connectivity index (χ0) is 13.4. The summed E-state index contributed by atoms with van der Waals surface area (Å²) < 4.78 is 26.2. The van der Waals surface area contributed by atoms with Crippen LogP contribution >= 0.6 is 0 Å². The summed E-state index contributed by atoms with van der Waals surface area (Å²) in [7, 11) is -3.45. The van der Waals surface area contributed by atoms with E-state index in [1.807, 2.05) is 0 Å². The molecule has 0 spiro atoms. The van der Waals surface area contributed by atoms with E-state index in [1.54, 1.807) is 6.07 Å². The minimum Gasteiger partial charge on any atom is -0.326 e. The van der Waals surface area contributed by atoms with Crippen molar-refractivity contribution >= 4 is 10.0 Å². The first-order valence-corrected chi connectivity index (χ1v) is 7.44. The highest BCUT2D eigenvalue weighted by Gasteiger charge is 2.37. The number of hydrogen-bond donors (Lipinski definition) is 1. The van der Waals surface area contributed by atoms with Gasteiger partial charge in [-0.15, -0.1) is 0 Å². The van der Waals surface area contributed by atoms with Crippen molar-refractivity contribution in [1.29, 1.82) is 0 Å². The Hall–Kier alpha value is -0.980. The van der Waals surface area contributed by atoms with Crippen LogP contribution in [0.3, 0.4) is 0 Å². The van der Waals surface area contributed by atoms with E-state index < -0.39 is 10.0 Å². The number of sulfonamides is 1. The molecule has 1 aromatic rings. The first-order valence-electron chi connectivity index (χ1n) is 6.00. The van der Waals surface area contributed by atoms with E-state index >= 15 is 0 Å². The maximum absolute atomic E-state index is 12.4. The second-order valence-electron chi connectivity index (χ2n) is 5.46. The minimum absolute atomic E-state index is 0.0459. The lowest BCUT2D eigenvalue weighted by Gasteiger charge is -2.19. The minimum atomic E-state index is -3.45. The molecule has 1 aromatic heterocycles. The van der Waals surface area contributed by atoms with Gasteiger partial charge in [-0.1, -0.05) is 19.9 Å². The quantitative estimate of drug-likeness (QED) is 0.886. The van der Waals surface area contributed by atoms with Crippen molar-refractivity contribution in [1.82, 2.24) is 9.29 Å². The monoisotopic (exact) mass is 269 g/mol. The van der Waals surface area contributed by atoms with Crippen molar-refractivity contribution in [2.45, 2.75) is 31.8 Å². The molecule has 0 amide bonds. The average molecular weight is 269 g/mol. The summed E-state index contributed by atoms with van der Waals surface area (Å²) in [5.74, 6) is 0. The van der Waals surface area contributed by atoms with E-state index in [9.17, 15) is 8.42 Å². The van der Waals surface area contributed by atoms with E-state index in [4.69, 9.17) is 5.73 Å². The lowest BCUT2D eigenvalue weighted by Crippen LogP contribution is -2.31. The van der Waals surface area contributed by atoms with Gasteiger partial charge < -0.3 is 5.73 Å². The van der Waals surface area contributed by atoms with Gasteiger partial charge in [-0.3, -0.25) is 0 Å². The van der Waals surface area contributed by atoms with Crippen LogP contribution in [0.25, 0.3) is 0 Å². The molecule has 6 heteroatoms. The van der Waals surface area contributed by atoms with E-state index in [1.165, 1.54) is 16.6 Å². The number of nitrogens with two attached hydrogens (primary N) is 1. The van der Waals surface area contributed by atoms with Crippen molar-refractivity contribution in [3.63, 3.8) is 0 Å². The molecule has 2 rings (SSSR count). The van der Waals surface area contributed by atoms with E-state index in [0.717, 1.165) is 12.0 Å². The van der Waals surface area contributed by atoms with Gasteiger partial charge in [0.2, 0.25) is 0 Å². The Labute approximate surface area is 108 Å². The Morgan fingerprint density at radius 2 is 2.17 bits per heavy atom. The maximum Gasteiger partial charge on any atom is 0.260 e. The highest BCUT2D eigenvalue weighted by atomic mass is 32.2. The van der Waals surface area contributed by atoms with Crippen LogP contribution < -0.4 is 5.73 Å². The first-order chi connectivity index (χ1) is 8.35. The predicted octanol–water partition coefficient (Wildman–Crippen LogP) is 0.961. The van der Waals surface area contributed by atoms with Gasteiger partial charge in [-0.05, 0) is 23.5 Å². The van der Waals surface area contributed by atoms with Crippen LogP contribution in [0.5, 0.6) is 0 Å². The molecule has 0 aromatic carbocycles. The molecule has 1 aliphatic heterocycles. The van der Waals surface area contributed by atoms with Gasteiger partial charge in [0.1, 0.15) is 0 Å². The summed E-state index contributed by atoms with van der Waals surface area (Å²) in [4.78, 5) is 4.00. The van der Waals surface area contributed by atoms with E-state index in [2.05, 4.69) is 18.8 Å². The highest BCUT2D eigenvalue weighted by molar-refractivity contribution is 7.89. The molecule has 1 aliphatic rings. The lowest BCUT2D eigenvalue weighted by atomic mass is 9.93. The smallest absolute Gasteiger partial charge is 0.260 e. The Morgan fingerprint density at radius 1 is 1.44 bits per heavy atom. The summed E-state index contributed by atoms with van der Waals surface area (Å²) in [6.45, 7) is 5.64. The van der Waals surface area contributed by atoms with Gasteiger partial charge in [0.05, 0.1) is 0 Å². The molecular weight excluding hydrogens is 250 g/mol. The molecule has 2 N–H and O–H groups in total. The SMILES string of the molecule is CC1(C)CCN(S(=O)(=O)c2ccc(CN)cn2)C1. The fraction of sp³-hybridized carbons (Fsp3) is 0.583. The maximum atomic E-state index is 12.4. The second kappa shape index (κ2) is 4.60. The molecule has 0 atom stereocenters. The molecule has 1 saturated heterocycles. The number of nitrogens with zero attached hydrogens (tertiary/aromatic N) is 2. The standard InChI is InChI=1S/C12H19N3O2S/c1-12(2)5-6-15(9-12)18(16,17)11-4-3-10(7-13)8-14-11/h3-4,8H,5-7,9,13H2,1-2H3. The van der Waals surface area contributed by atoms with Gasteiger partial charge in [-0.25, -0.2) is 13.4 Å². The summed E-state index contributed by atoms with van der Waals surface area (Å²) in [6.07, 6.45) is 2.40. The summed E-state index contributed by atoms with van der Waals surface area (Å²) in [6, 6.07) is 3.24. The average Bonchev–Trinajstić information content (AvgIpc) is 2.70. The Bertz CT molecular complexity index is 523. The van der Waals surface area contributed by atoms with E-state index in [0.29, 0.717) is 19.6 Å². The number of pyridine rings is 1. The molecule has 2 heterocycles. The normalized spacial score (nSPS) is 20.2.